The van der Waals surface area contributed by atoms with E-state index < -0.39 is 0 Å². The minimum absolute atomic E-state index is 0.767. The van der Waals surface area contributed by atoms with Gasteiger partial charge in [0.2, 0.25) is 0 Å². The lowest BCUT2D eigenvalue weighted by atomic mass is 10.1. The third-order valence-electron chi connectivity index (χ3n) is 4.62. The highest BCUT2D eigenvalue weighted by Crippen LogP contribution is 2.33. The van der Waals surface area contributed by atoms with Gasteiger partial charge in [0.1, 0.15) is 17.5 Å². The first-order chi connectivity index (χ1) is 12.7. The van der Waals surface area contributed by atoms with Crippen molar-refractivity contribution in [2.75, 3.05) is 23.3 Å². The molecular weight excluding hydrogens is 344 g/mol. The van der Waals surface area contributed by atoms with E-state index in [9.17, 15) is 0 Å². The van der Waals surface area contributed by atoms with Crippen LogP contribution in [0.25, 0.3) is 0 Å². The molecule has 4 rings (SSSR count). The number of fused-ring (bicyclic) bond motifs is 1. The van der Waals surface area contributed by atoms with E-state index in [-0.39, 0.29) is 0 Å². The highest BCUT2D eigenvalue weighted by atomic mass is 35.5. The van der Waals surface area contributed by atoms with Crippen LogP contribution in [0.2, 0.25) is 5.02 Å². The standard InChI is InChI=1S/C21H21ClN4/c1-15-24-20(23-12-10-16-6-8-18(22)9-7-16)14-21(25-15)26-13-11-17-4-2-3-5-19(17)26/h2-9,14H,10-13H2,1H3,(H,23,24,25). The number of aryl methyl sites for hydroxylation is 1. The molecule has 2 heterocycles. The van der Waals surface area contributed by atoms with E-state index in [1.165, 1.54) is 16.8 Å². The van der Waals surface area contributed by atoms with Gasteiger partial charge in [-0.25, -0.2) is 9.97 Å². The van der Waals surface area contributed by atoms with Gasteiger partial charge in [0.25, 0.3) is 0 Å². The number of nitrogens with one attached hydrogen (secondary N) is 1. The maximum Gasteiger partial charge on any atom is 0.138 e. The van der Waals surface area contributed by atoms with Crippen molar-refractivity contribution in [1.82, 2.24) is 9.97 Å². The fourth-order valence-corrected chi connectivity index (χ4v) is 3.47. The number of benzene rings is 2. The molecule has 1 N–H and O–H groups in total. The Balaban J connectivity index is 1.47. The number of para-hydroxylation sites is 1. The fourth-order valence-electron chi connectivity index (χ4n) is 3.34. The van der Waals surface area contributed by atoms with Gasteiger partial charge in [-0.05, 0) is 49.1 Å². The molecule has 5 heteroatoms. The van der Waals surface area contributed by atoms with Gasteiger partial charge >= 0.3 is 0 Å². The van der Waals surface area contributed by atoms with Gasteiger partial charge < -0.3 is 10.2 Å². The third-order valence-corrected chi connectivity index (χ3v) is 4.87. The van der Waals surface area contributed by atoms with Crippen LogP contribution in [-0.4, -0.2) is 23.1 Å². The second-order valence-corrected chi connectivity index (χ2v) is 6.93. The average Bonchev–Trinajstić information content (AvgIpc) is 3.07. The summed E-state index contributed by atoms with van der Waals surface area (Å²) in [6, 6.07) is 18.5. The van der Waals surface area contributed by atoms with E-state index in [1.807, 2.05) is 25.1 Å². The molecule has 0 saturated heterocycles. The van der Waals surface area contributed by atoms with Crippen LogP contribution in [0.3, 0.4) is 0 Å². The molecule has 0 radical (unpaired) electrons. The highest BCUT2D eigenvalue weighted by molar-refractivity contribution is 6.30. The average molecular weight is 365 g/mol. The Hall–Kier alpha value is -2.59. The molecule has 1 aliphatic heterocycles. The number of hydrogen-bond acceptors (Lipinski definition) is 4. The summed E-state index contributed by atoms with van der Waals surface area (Å²) in [4.78, 5) is 11.5. The van der Waals surface area contributed by atoms with Crippen LogP contribution in [0.1, 0.15) is 17.0 Å². The minimum atomic E-state index is 0.767. The summed E-state index contributed by atoms with van der Waals surface area (Å²) in [5.41, 5.74) is 3.88. The molecule has 0 amide bonds. The first kappa shape index (κ1) is 16.9. The summed E-state index contributed by atoms with van der Waals surface area (Å²) in [6.07, 6.45) is 1.97. The summed E-state index contributed by atoms with van der Waals surface area (Å²) in [6.45, 7) is 3.71. The maximum atomic E-state index is 5.94. The minimum Gasteiger partial charge on any atom is -0.370 e. The zero-order valence-electron chi connectivity index (χ0n) is 14.7. The molecule has 0 unspecified atom stereocenters. The van der Waals surface area contributed by atoms with Crippen LogP contribution < -0.4 is 10.2 Å². The van der Waals surface area contributed by atoms with E-state index in [2.05, 4.69) is 56.6 Å². The molecule has 0 fully saturated rings. The van der Waals surface area contributed by atoms with E-state index >= 15 is 0 Å². The Bertz CT molecular complexity index is 908. The van der Waals surface area contributed by atoms with Gasteiger partial charge in [0, 0.05) is 29.9 Å². The molecule has 0 aliphatic carbocycles. The van der Waals surface area contributed by atoms with Crippen molar-refractivity contribution in [3.8, 4) is 0 Å². The van der Waals surface area contributed by atoms with Gasteiger partial charge in [-0.3, -0.25) is 0 Å². The largest absolute Gasteiger partial charge is 0.370 e. The molecule has 0 saturated carbocycles. The van der Waals surface area contributed by atoms with Crippen molar-refractivity contribution in [2.45, 2.75) is 19.8 Å². The molecule has 132 valence electrons. The Morgan fingerprint density at radius 2 is 1.88 bits per heavy atom. The van der Waals surface area contributed by atoms with Crippen LogP contribution in [0, 0.1) is 6.92 Å². The van der Waals surface area contributed by atoms with Crippen LogP contribution >= 0.6 is 11.6 Å². The molecule has 2 aromatic carbocycles. The van der Waals surface area contributed by atoms with Gasteiger partial charge in [-0.2, -0.15) is 0 Å². The van der Waals surface area contributed by atoms with Crippen molar-refractivity contribution in [3.63, 3.8) is 0 Å². The predicted octanol–water partition coefficient (Wildman–Crippen LogP) is 4.79. The second-order valence-electron chi connectivity index (χ2n) is 6.49. The Morgan fingerprint density at radius 1 is 1.08 bits per heavy atom. The molecule has 0 bridgehead atoms. The molecular formula is C21H21ClN4. The van der Waals surface area contributed by atoms with Crippen molar-refractivity contribution < 1.29 is 0 Å². The number of anilines is 3. The predicted molar refractivity (Wildman–Crippen MR) is 108 cm³/mol. The number of rotatable bonds is 5. The molecule has 0 spiro atoms. The van der Waals surface area contributed by atoms with E-state index in [0.717, 1.165) is 48.4 Å². The van der Waals surface area contributed by atoms with Crippen LogP contribution in [0.15, 0.2) is 54.6 Å². The topological polar surface area (TPSA) is 41.1 Å². The zero-order chi connectivity index (χ0) is 17.9. The maximum absolute atomic E-state index is 5.94. The van der Waals surface area contributed by atoms with Crippen molar-refractivity contribution in [2.24, 2.45) is 0 Å². The second kappa shape index (κ2) is 7.34. The number of aromatic nitrogens is 2. The SMILES string of the molecule is Cc1nc(NCCc2ccc(Cl)cc2)cc(N2CCc3ccccc32)n1. The highest BCUT2D eigenvalue weighted by Gasteiger charge is 2.21. The lowest BCUT2D eigenvalue weighted by Crippen LogP contribution is -2.16. The molecule has 3 aromatic rings. The number of halogens is 1. The normalized spacial score (nSPS) is 12.9. The quantitative estimate of drug-likeness (QED) is 0.706. The fraction of sp³-hybridized carbons (Fsp3) is 0.238. The molecule has 26 heavy (non-hydrogen) atoms. The summed E-state index contributed by atoms with van der Waals surface area (Å²) in [7, 11) is 0. The van der Waals surface area contributed by atoms with Gasteiger partial charge in [0.15, 0.2) is 0 Å². The van der Waals surface area contributed by atoms with Crippen molar-refractivity contribution >= 4 is 28.9 Å². The lowest BCUT2D eigenvalue weighted by molar-refractivity contribution is 0.935. The summed E-state index contributed by atoms with van der Waals surface area (Å²) in [5, 5.41) is 4.19. The van der Waals surface area contributed by atoms with Gasteiger partial charge in [0.05, 0.1) is 0 Å². The zero-order valence-corrected chi connectivity index (χ0v) is 15.5. The van der Waals surface area contributed by atoms with Crippen LogP contribution in [0.4, 0.5) is 17.3 Å². The number of nitrogens with zero attached hydrogens (tertiary/aromatic N) is 3. The summed E-state index contributed by atoms with van der Waals surface area (Å²) < 4.78 is 0. The van der Waals surface area contributed by atoms with Gasteiger partial charge in [-0.1, -0.05) is 41.9 Å². The summed E-state index contributed by atoms with van der Waals surface area (Å²) in [5.74, 6) is 2.60. The molecule has 1 aliphatic rings. The van der Waals surface area contributed by atoms with E-state index in [1.54, 1.807) is 0 Å². The Labute approximate surface area is 158 Å². The third kappa shape index (κ3) is 3.65. The monoisotopic (exact) mass is 364 g/mol. The first-order valence-corrected chi connectivity index (χ1v) is 9.26. The molecule has 4 nitrogen and oxygen atoms in total. The Morgan fingerprint density at radius 3 is 2.73 bits per heavy atom. The summed E-state index contributed by atoms with van der Waals surface area (Å²) >= 11 is 5.94. The van der Waals surface area contributed by atoms with Crippen molar-refractivity contribution in [3.05, 3.63) is 76.6 Å². The smallest absolute Gasteiger partial charge is 0.138 e. The molecule has 1 aromatic heterocycles. The first-order valence-electron chi connectivity index (χ1n) is 8.88. The van der Waals surface area contributed by atoms with E-state index in [0.29, 0.717) is 0 Å². The number of hydrogen-bond donors (Lipinski definition) is 1. The lowest BCUT2D eigenvalue weighted by Gasteiger charge is -2.19. The Kier molecular flexibility index (Phi) is 4.76. The van der Waals surface area contributed by atoms with Crippen LogP contribution in [0.5, 0.6) is 0 Å². The van der Waals surface area contributed by atoms with Crippen LogP contribution in [-0.2, 0) is 12.8 Å². The van der Waals surface area contributed by atoms with Gasteiger partial charge in [-0.15, -0.1) is 0 Å². The van der Waals surface area contributed by atoms with E-state index in [4.69, 9.17) is 11.6 Å². The van der Waals surface area contributed by atoms with Crippen molar-refractivity contribution in [1.29, 1.82) is 0 Å². The molecule has 0 atom stereocenters.